The average Bonchev–Trinajstić information content (AvgIpc) is 2.77. The monoisotopic (exact) mass is 282 g/mol. The standard InChI is InChI=1S/C14H22N2O2S/c1-5-6-7-11(10-15)12-16(8-9-19-12)13(17)18-14(2,3)4/h5-7,10,12,15H,8-9H2,1-4H3/b6-5-,11-7+,15-10?. The molecule has 0 aromatic carbocycles. The summed E-state index contributed by atoms with van der Waals surface area (Å²) in [5.74, 6) is 0.866. The minimum absolute atomic E-state index is 0.122. The second-order valence-electron chi connectivity index (χ2n) is 5.23. The van der Waals surface area contributed by atoms with E-state index >= 15 is 0 Å². The molecule has 1 rings (SSSR count). The van der Waals surface area contributed by atoms with Crippen LogP contribution in [0.4, 0.5) is 4.79 Å². The van der Waals surface area contributed by atoms with Crippen LogP contribution in [0.15, 0.2) is 23.8 Å². The maximum atomic E-state index is 12.1. The first-order valence-electron chi connectivity index (χ1n) is 6.33. The van der Waals surface area contributed by atoms with E-state index in [1.54, 1.807) is 16.7 Å². The van der Waals surface area contributed by atoms with Crippen LogP contribution in [0.25, 0.3) is 0 Å². The molecule has 19 heavy (non-hydrogen) atoms. The van der Waals surface area contributed by atoms with E-state index < -0.39 is 5.60 Å². The van der Waals surface area contributed by atoms with E-state index in [1.165, 1.54) is 6.21 Å². The Labute approximate surface area is 119 Å². The lowest BCUT2D eigenvalue weighted by molar-refractivity contribution is 0.0275. The molecule has 0 aromatic rings. The van der Waals surface area contributed by atoms with Gasteiger partial charge in [-0.05, 0) is 27.7 Å². The van der Waals surface area contributed by atoms with Crippen molar-refractivity contribution in [2.75, 3.05) is 12.3 Å². The Kier molecular flexibility index (Phi) is 5.66. The van der Waals surface area contributed by atoms with Crippen LogP contribution >= 0.6 is 11.8 Å². The zero-order chi connectivity index (χ0) is 14.5. The van der Waals surface area contributed by atoms with Gasteiger partial charge in [0.05, 0.1) is 0 Å². The summed E-state index contributed by atoms with van der Waals surface area (Å²) in [4.78, 5) is 13.8. The van der Waals surface area contributed by atoms with Gasteiger partial charge in [0.2, 0.25) is 0 Å². The Morgan fingerprint density at radius 1 is 1.47 bits per heavy atom. The van der Waals surface area contributed by atoms with E-state index in [1.807, 2.05) is 45.9 Å². The molecule has 0 spiro atoms. The number of thioether (sulfide) groups is 1. The molecular weight excluding hydrogens is 260 g/mol. The number of carbonyl (C=O) groups is 1. The molecule has 4 nitrogen and oxygen atoms in total. The van der Waals surface area contributed by atoms with Crippen molar-refractivity contribution in [3.63, 3.8) is 0 Å². The van der Waals surface area contributed by atoms with Crippen molar-refractivity contribution >= 4 is 24.1 Å². The van der Waals surface area contributed by atoms with Gasteiger partial charge in [-0.3, -0.25) is 4.90 Å². The summed E-state index contributed by atoms with van der Waals surface area (Å²) in [6.45, 7) is 8.15. The third-order valence-electron chi connectivity index (χ3n) is 2.45. The topological polar surface area (TPSA) is 53.4 Å². The van der Waals surface area contributed by atoms with Gasteiger partial charge in [-0.25, -0.2) is 4.79 Å². The van der Waals surface area contributed by atoms with Gasteiger partial charge in [0.1, 0.15) is 11.0 Å². The van der Waals surface area contributed by atoms with Gasteiger partial charge < -0.3 is 10.1 Å². The normalized spacial score (nSPS) is 20.9. The van der Waals surface area contributed by atoms with Crippen LogP contribution in [0.3, 0.4) is 0 Å². The zero-order valence-electron chi connectivity index (χ0n) is 12.0. The van der Waals surface area contributed by atoms with E-state index in [-0.39, 0.29) is 11.5 Å². The van der Waals surface area contributed by atoms with E-state index in [2.05, 4.69) is 0 Å². The molecule has 1 heterocycles. The molecule has 1 fully saturated rings. The van der Waals surface area contributed by atoms with Crippen molar-refractivity contribution in [2.24, 2.45) is 0 Å². The lowest BCUT2D eigenvalue weighted by Crippen LogP contribution is -2.40. The number of nitrogens with zero attached hydrogens (tertiary/aromatic N) is 1. The molecule has 1 N–H and O–H groups in total. The second kappa shape index (κ2) is 6.80. The predicted octanol–water partition coefficient (Wildman–Crippen LogP) is 3.45. The Morgan fingerprint density at radius 3 is 2.68 bits per heavy atom. The molecule has 5 heteroatoms. The maximum absolute atomic E-state index is 12.1. The van der Waals surface area contributed by atoms with Gasteiger partial charge in [-0.2, -0.15) is 0 Å². The fraction of sp³-hybridized carbons (Fsp3) is 0.571. The minimum atomic E-state index is -0.493. The molecule has 1 aliphatic heterocycles. The largest absolute Gasteiger partial charge is 0.444 e. The highest BCUT2D eigenvalue weighted by molar-refractivity contribution is 8.00. The number of carbonyl (C=O) groups excluding carboxylic acids is 1. The number of rotatable bonds is 3. The Balaban J connectivity index is 2.83. The predicted molar refractivity (Wildman–Crippen MR) is 80.9 cm³/mol. The number of amides is 1. The highest BCUT2D eigenvalue weighted by atomic mass is 32.2. The molecule has 1 saturated heterocycles. The zero-order valence-corrected chi connectivity index (χ0v) is 12.8. The molecule has 106 valence electrons. The van der Waals surface area contributed by atoms with E-state index in [4.69, 9.17) is 10.1 Å². The van der Waals surface area contributed by atoms with Crippen LogP contribution in [0, 0.1) is 5.41 Å². The molecule has 1 amide bonds. The first-order valence-corrected chi connectivity index (χ1v) is 7.38. The van der Waals surface area contributed by atoms with E-state index in [0.29, 0.717) is 6.54 Å². The fourth-order valence-electron chi connectivity index (χ4n) is 1.66. The fourth-order valence-corrected chi connectivity index (χ4v) is 2.90. The van der Waals surface area contributed by atoms with Crippen molar-refractivity contribution in [3.8, 4) is 0 Å². The summed E-state index contributed by atoms with van der Waals surface area (Å²) in [7, 11) is 0. The van der Waals surface area contributed by atoms with Gasteiger partial charge in [0.25, 0.3) is 0 Å². The quantitative estimate of drug-likeness (QED) is 0.637. The summed E-state index contributed by atoms with van der Waals surface area (Å²) >= 11 is 1.66. The molecule has 0 aliphatic carbocycles. The molecule has 0 aromatic heterocycles. The third-order valence-corrected chi connectivity index (χ3v) is 3.71. The van der Waals surface area contributed by atoms with Crippen LogP contribution < -0.4 is 0 Å². The number of hydrogen-bond acceptors (Lipinski definition) is 4. The SMILES string of the molecule is C/C=C\C=C(/C=N)C1SCCN1C(=O)OC(C)(C)C. The Hall–Kier alpha value is -1.23. The summed E-state index contributed by atoms with van der Waals surface area (Å²) < 4.78 is 5.40. The average molecular weight is 282 g/mol. The highest BCUT2D eigenvalue weighted by Gasteiger charge is 2.34. The highest BCUT2D eigenvalue weighted by Crippen LogP contribution is 2.30. The van der Waals surface area contributed by atoms with E-state index in [9.17, 15) is 4.79 Å². The Morgan fingerprint density at radius 2 is 2.16 bits per heavy atom. The lowest BCUT2D eigenvalue weighted by Gasteiger charge is -2.28. The summed E-state index contributed by atoms with van der Waals surface area (Å²) in [6.07, 6.45) is 6.65. The third kappa shape index (κ3) is 4.74. The molecule has 0 radical (unpaired) electrons. The van der Waals surface area contributed by atoms with Crippen molar-refractivity contribution in [3.05, 3.63) is 23.8 Å². The molecule has 0 bridgehead atoms. The number of hydrogen-bond donors (Lipinski definition) is 1. The molecular formula is C14H22N2O2S. The smallest absolute Gasteiger partial charge is 0.411 e. The minimum Gasteiger partial charge on any atom is -0.444 e. The molecule has 0 saturated carbocycles. The Bertz CT molecular complexity index is 397. The molecule has 1 aliphatic rings. The van der Waals surface area contributed by atoms with Crippen molar-refractivity contribution < 1.29 is 9.53 Å². The summed E-state index contributed by atoms with van der Waals surface area (Å²) in [5.41, 5.74) is 0.318. The van der Waals surface area contributed by atoms with Crippen LogP contribution in [0.1, 0.15) is 27.7 Å². The van der Waals surface area contributed by atoms with Crippen LogP contribution in [0.5, 0.6) is 0 Å². The number of nitrogens with one attached hydrogen (secondary N) is 1. The lowest BCUT2D eigenvalue weighted by atomic mass is 10.2. The van der Waals surface area contributed by atoms with Gasteiger partial charge in [0, 0.05) is 24.1 Å². The van der Waals surface area contributed by atoms with Crippen LogP contribution in [-0.2, 0) is 4.74 Å². The van der Waals surface area contributed by atoms with Gasteiger partial charge >= 0.3 is 6.09 Å². The first kappa shape index (κ1) is 15.8. The molecule has 1 atom stereocenters. The van der Waals surface area contributed by atoms with Gasteiger partial charge in [-0.1, -0.05) is 18.2 Å². The van der Waals surface area contributed by atoms with Gasteiger partial charge in [0.15, 0.2) is 0 Å². The van der Waals surface area contributed by atoms with Crippen molar-refractivity contribution in [2.45, 2.75) is 38.7 Å². The van der Waals surface area contributed by atoms with Crippen LogP contribution in [-0.4, -0.2) is 40.5 Å². The second-order valence-corrected chi connectivity index (χ2v) is 6.42. The van der Waals surface area contributed by atoms with E-state index in [0.717, 1.165) is 11.3 Å². The first-order chi connectivity index (χ1) is 8.89. The van der Waals surface area contributed by atoms with Crippen molar-refractivity contribution in [1.29, 1.82) is 5.41 Å². The van der Waals surface area contributed by atoms with Crippen molar-refractivity contribution in [1.82, 2.24) is 4.90 Å². The maximum Gasteiger partial charge on any atom is 0.411 e. The number of allylic oxidation sites excluding steroid dienone is 3. The van der Waals surface area contributed by atoms with Gasteiger partial charge in [-0.15, -0.1) is 11.8 Å². The van der Waals surface area contributed by atoms with Crippen LogP contribution in [0.2, 0.25) is 0 Å². The number of ether oxygens (including phenoxy) is 1. The summed E-state index contributed by atoms with van der Waals surface area (Å²) in [6, 6.07) is 0. The summed E-state index contributed by atoms with van der Waals surface area (Å²) in [5, 5.41) is 7.37. The molecule has 1 unspecified atom stereocenters.